The molecule has 10 heteroatoms. The number of hydrogen-bond acceptors (Lipinski definition) is 8. The topological polar surface area (TPSA) is 125 Å². The minimum Gasteiger partial charge on any atom is -0.337 e. The number of nitrogens with one attached hydrogen (secondary N) is 2. The Morgan fingerprint density at radius 2 is 2.16 bits per heavy atom. The zero-order valence-electron chi connectivity index (χ0n) is 17.6. The molecule has 0 radical (unpaired) electrons. The number of halogens is 1. The third kappa shape index (κ3) is 4.64. The normalized spacial score (nSPS) is 22.7. The lowest BCUT2D eigenvalue weighted by Crippen LogP contribution is -2.39. The predicted octanol–water partition coefficient (Wildman–Crippen LogP) is 2.68. The lowest BCUT2D eigenvalue weighted by atomic mass is 9.87. The van der Waals surface area contributed by atoms with Crippen LogP contribution in [-0.2, 0) is 27.6 Å². The van der Waals surface area contributed by atoms with Gasteiger partial charge in [-0.2, -0.15) is 5.26 Å². The van der Waals surface area contributed by atoms with Crippen LogP contribution in [0.2, 0.25) is 0 Å². The van der Waals surface area contributed by atoms with E-state index in [1.807, 2.05) is 0 Å². The van der Waals surface area contributed by atoms with Gasteiger partial charge in [0, 0.05) is 43.2 Å². The van der Waals surface area contributed by atoms with Gasteiger partial charge in [0.15, 0.2) is 9.84 Å². The number of carbonyl (C=O) groups is 1. The number of carbonyl (C=O) groups excluding carboxylic acids is 1. The molecule has 2 heterocycles. The molecule has 1 aromatic carbocycles. The number of sulfone groups is 1. The lowest BCUT2D eigenvalue weighted by Gasteiger charge is -2.27. The van der Waals surface area contributed by atoms with Gasteiger partial charge in [-0.05, 0) is 31.0 Å². The predicted molar refractivity (Wildman–Crippen MR) is 115 cm³/mol. The van der Waals surface area contributed by atoms with Crippen LogP contribution in [0.5, 0.6) is 0 Å². The van der Waals surface area contributed by atoms with Gasteiger partial charge in [0.25, 0.3) is 0 Å². The Bertz CT molecular complexity index is 1190. The number of anilines is 2. The van der Waals surface area contributed by atoms with Crippen LogP contribution < -0.4 is 10.6 Å². The number of rotatable bonds is 6. The van der Waals surface area contributed by atoms with E-state index in [0.29, 0.717) is 25.2 Å². The average molecular weight is 458 g/mol. The fourth-order valence-electron chi connectivity index (χ4n) is 4.46. The van der Waals surface area contributed by atoms with Crippen molar-refractivity contribution in [3.8, 4) is 6.07 Å². The molecule has 0 spiro atoms. The van der Waals surface area contributed by atoms with E-state index < -0.39 is 15.7 Å². The molecular formula is C22H24FN5O3S. The maximum atomic E-state index is 14.5. The summed E-state index contributed by atoms with van der Waals surface area (Å²) in [4.78, 5) is 21.2. The molecule has 32 heavy (non-hydrogen) atoms. The van der Waals surface area contributed by atoms with Crippen LogP contribution in [0.1, 0.15) is 36.9 Å². The highest BCUT2D eigenvalue weighted by molar-refractivity contribution is 7.90. The standard InChI is InChI=1S/C22H24FN5O3S/c1-32(30,31)15-5-6-19(18(23)9-15)28-22-17-11-25-14(7-20(17)26-12-27-22)8-21(29)16-4-2-3-13(16)10-24/h5-6,9,12-14,16,25H,2-4,7-8,11H2,1H3,(H,26,27,28)/t13-,14?,16?/m1/s1. The third-order valence-corrected chi connectivity index (χ3v) is 7.32. The number of nitriles is 1. The molecule has 1 aromatic heterocycles. The monoisotopic (exact) mass is 457 g/mol. The molecule has 1 aliphatic carbocycles. The Hall–Kier alpha value is -2.90. The van der Waals surface area contributed by atoms with Gasteiger partial charge in [-0.3, -0.25) is 4.79 Å². The molecule has 1 fully saturated rings. The zero-order valence-corrected chi connectivity index (χ0v) is 18.5. The molecule has 0 amide bonds. The molecule has 2 N–H and O–H groups in total. The Kier molecular flexibility index (Phi) is 6.22. The molecule has 168 valence electrons. The first kappa shape index (κ1) is 22.3. The molecule has 2 aromatic rings. The van der Waals surface area contributed by atoms with Crippen LogP contribution in [0, 0.1) is 29.0 Å². The van der Waals surface area contributed by atoms with Crippen molar-refractivity contribution in [1.82, 2.24) is 15.3 Å². The van der Waals surface area contributed by atoms with E-state index in [2.05, 4.69) is 26.7 Å². The molecule has 1 saturated carbocycles. The second-order valence-corrected chi connectivity index (χ2v) is 10.4. The van der Waals surface area contributed by atoms with Crippen molar-refractivity contribution in [2.24, 2.45) is 11.8 Å². The first-order chi connectivity index (χ1) is 15.3. The Morgan fingerprint density at radius 3 is 2.88 bits per heavy atom. The highest BCUT2D eigenvalue weighted by Gasteiger charge is 2.34. The van der Waals surface area contributed by atoms with Gasteiger partial charge in [-0.15, -0.1) is 0 Å². The van der Waals surface area contributed by atoms with E-state index in [1.54, 1.807) is 0 Å². The zero-order chi connectivity index (χ0) is 22.9. The van der Waals surface area contributed by atoms with Gasteiger partial charge in [0.05, 0.1) is 28.3 Å². The molecule has 8 nitrogen and oxygen atoms in total. The number of nitrogens with zero attached hydrogens (tertiary/aromatic N) is 3. The number of aromatic nitrogens is 2. The summed E-state index contributed by atoms with van der Waals surface area (Å²) in [5.74, 6) is -0.505. The summed E-state index contributed by atoms with van der Waals surface area (Å²) in [7, 11) is -3.51. The van der Waals surface area contributed by atoms with Crippen molar-refractivity contribution in [3.63, 3.8) is 0 Å². The number of Topliss-reactive ketones (excluding diaryl/α,β-unsaturated/α-hetero) is 1. The maximum Gasteiger partial charge on any atom is 0.175 e. The fourth-order valence-corrected chi connectivity index (χ4v) is 5.10. The number of hydrogen-bond donors (Lipinski definition) is 2. The molecule has 0 bridgehead atoms. The third-order valence-electron chi connectivity index (χ3n) is 6.21. The fraction of sp³-hybridized carbons (Fsp3) is 0.455. The summed E-state index contributed by atoms with van der Waals surface area (Å²) in [6.45, 7) is 0.409. The van der Waals surface area contributed by atoms with Gasteiger partial charge in [0.1, 0.15) is 23.7 Å². The van der Waals surface area contributed by atoms with Crippen molar-refractivity contribution in [2.45, 2.75) is 49.6 Å². The van der Waals surface area contributed by atoms with Gasteiger partial charge < -0.3 is 10.6 Å². The highest BCUT2D eigenvalue weighted by atomic mass is 32.2. The van der Waals surface area contributed by atoms with E-state index in [-0.39, 0.29) is 34.2 Å². The van der Waals surface area contributed by atoms with E-state index in [4.69, 9.17) is 0 Å². The van der Waals surface area contributed by atoms with E-state index in [0.717, 1.165) is 42.8 Å². The molecule has 3 atom stereocenters. The Labute approximate surface area is 186 Å². The number of fused-ring (bicyclic) bond motifs is 1. The maximum absolute atomic E-state index is 14.5. The summed E-state index contributed by atoms with van der Waals surface area (Å²) in [5, 5.41) is 15.5. The second-order valence-electron chi connectivity index (χ2n) is 8.41. The summed E-state index contributed by atoms with van der Waals surface area (Å²) in [6, 6.07) is 5.86. The van der Waals surface area contributed by atoms with Crippen LogP contribution in [0.15, 0.2) is 29.4 Å². The van der Waals surface area contributed by atoms with E-state index in [1.165, 1.54) is 18.5 Å². The summed E-state index contributed by atoms with van der Waals surface area (Å²) < 4.78 is 37.7. The van der Waals surface area contributed by atoms with Crippen molar-refractivity contribution in [1.29, 1.82) is 5.26 Å². The van der Waals surface area contributed by atoms with Gasteiger partial charge in [0.2, 0.25) is 0 Å². The SMILES string of the molecule is CS(=O)(=O)c1ccc(Nc2ncnc3c2CNC(CC(=O)C2CCC[C@@H]2C#N)C3)c(F)c1. The molecule has 0 saturated heterocycles. The number of benzene rings is 1. The first-order valence-corrected chi connectivity index (χ1v) is 12.4. The van der Waals surface area contributed by atoms with Gasteiger partial charge in [-0.1, -0.05) is 6.42 Å². The smallest absolute Gasteiger partial charge is 0.175 e. The van der Waals surface area contributed by atoms with Crippen molar-refractivity contribution < 1.29 is 17.6 Å². The van der Waals surface area contributed by atoms with Crippen molar-refractivity contribution >= 4 is 27.1 Å². The van der Waals surface area contributed by atoms with Crippen LogP contribution in [0.25, 0.3) is 0 Å². The molecule has 2 unspecified atom stereocenters. The Morgan fingerprint density at radius 1 is 1.34 bits per heavy atom. The van der Waals surface area contributed by atoms with Crippen LogP contribution in [0.3, 0.4) is 0 Å². The average Bonchev–Trinajstić information content (AvgIpc) is 3.23. The second kappa shape index (κ2) is 8.92. The largest absolute Gasteiger partial charge is 0.337 e. The van der Waals surface area contributed by atoms with Gasteiger partial charge in [-0.25, -0.2) is 22.8 Å². The molecule has 2 aliphatic rings. The highest BCUT2D eigenvalue weighted by Crippen LogP contribution is 2.34. The lowest BCUT2D eigenvalue weighted by molar-refractivity contribution is -0.123. The molecular weight excluding hydrogens is 433 g/mol. The summed E-state index contributed by atoms with van der Waals surface area (Å²) in [5.41, 5.74) is 1.66. The van der Waals surface area contributed by atoms with Crippen LogP contribution in [0.4, 0.5) is 15.9 Å². The minimum atomic E-state index is -3.51. The van der Waals surface area contributed by atoms with E-state index in [9.17, 15) is 22.9 Å². The molecule has 1 aliphatic heterocycles. The Balaban J connectivity index is 1.47. The van der Waals surface area contributed by atoms with Crippen LogP contribution in [-0.4, -0.2) is 36.5 Å². The van der Waals surface area contributed by atoms with Gasteiger partial charge >= 0.3 is 0 Å². The molecule has 4 rings (SSSR count). The first-order valence-electron chi connectivity index (χ1n) is 10.5. The quantitative estimate of drug-likeness (QED) is 0.678. The number of ketones is 1. The van der Waals surface area contributed by atoms with E-state index >= 15 is 0 Å². The summed E-state index contributed by atoms with van der Waals surface area (Å²) in [6.07, 6.45) is 5.76. The summed E-state index contributed by atoms with van der Waals surface area (Å²) >= 11 is 0. The van der Waals surface area contributed by atoms with Crippen molar-refractivity contribution in [3.05, 3.63) is 41.6 Å². The van der Waals surface area contributed by atoms with Crippen molar-refractivity contribution in [2.75, 3.05) is 11.6 Å². The van der Waals surface area contributed by atoms with Crippen LogP contribution >= 0.6 is 0 Å². The minimum absolute atomic E-state index is 0.0801.